The number of carbonyl (C=O) groups excluding carboxylic acids is 2. The molecule has 1 rings (SSSR count). The van der Waals surface area contributed by atoms with Crippen molar-refractivity contribution in [2.45, 2.75) is 19.0 Å². The quantitative estimate of drug-likeness (QED) is 0.536. The SMILES string of the molecule is COCCCN(CCC(=O)OC)C(=O)c1ccc(C(F)(F)F)cc1. The molecule has 0 spiro atoms. The molecule has 0 atom stereocenters. The minimum atomic E-state index is -4.45. The predicted octanol–water partition coefficient (Wildman–Crippen LogP) is 2.75. The number of rotatable bonds is 8. The van der Waals surface area contributed by atoms with Crippen LogP contribution in [-0.4, -0.2) is 50.7 Å². The monoisotopic (exact) mass is 347 g/mol. The number of esters is 1. The number of hydrogen-bond acceptors (Lipinski definition) is 4. The zero-order chi connectivity index (χ0) is 18.2. The summed E-state index contributed by atoms with van der Waals surface area (Å²) >= 11 is 0. The molecule has 24 heavy (non-hydrogen) atoms. The van der Waals surface area contributed by atoms with E-state index < -0.39 is 23.6 Å². The zero-order valence-corrected chi connectivity index (χ0v) is 13.6. The molecule has 0 aliphatic carbocycles. The van der Waals surface area contributed by atoms with Crippen LogP contribution in [0.1, 0.15) is 28.8 Å². The molecule has 0 unspecified atom stereocenters. The van der Waals surface area contributed by atoms with Crippen molar-refractivity contribution in [1.29, 1.82) is 0 Å². The van der Waals surface area contributed by atoms with Gasteiger partial charge in [0, 0.05) is 32.4 Å². The largest absolute Gasteiger partial charge is 0.469 e. The minimum absolute atomic E-state index is 0.00978. The summed E-state index contributed by atoms with van der Waals surface area (Å²) in [6.07, 6.45) is -3.90. The number of nitrogens with zero attached hydrogens (tertiary/aromatic N) is 1. The number of hydrogen-bond donors (Lipinski definition) is 0. The molecule has 1 amide bonds. The molecule has 0 fully saturated rings. The van der Waals surface area contributed by atoms with Crippen LogP contribution in [0.25, 0.3) is 0 Å². The number of amides is 1. The Morgan fingerprint density at radius 1 is 1.08 bits per heavy atom. The predicted molar refractivity (Wildman–Crippen MR) is 80.5 cm³/mol. The molecule has 0 N–H and O–H groups in total. The van der Waals surface area contributed by atoms with Crippen LogP contribution in [0.4, 0.5) is 13.2 Å². The van der Waals surface area contributed by atoms with E-state index in [0.29, 0.717) is 19.6 Å². The minimum Gasteiger partial charge on any atom is -0.469 e. The molecule has 0 aliphatic rings. The lowest BCUT2D eigenvalue weighted by molar-refractivity contribution is -0.141. The van der Waals surface area contributed by atoms with E-state index in [2.05, 4.69) is 4.74 Å². The van der Waals surface area contributed by atoms with Gasteiger partial charge in [0.05, 0.1) is 19.1 Å². The maximum atomic E-state index is 12.6. The van der Waals surface area contributed by atoms with Gasteiger partial charge in [0.15, 0.2) is 0 Å². The lowest BCUT2D eigenvalue weighted by Gasteiger charge is -2.22. The van der Waals surface area contributed by atoms with Gasteiger partial charge >= 0.3 is 12.1 Å². The lowest BCUT2D eigenvalue weighted by Crippen LogP contribution is -2.34. The zero-order valence-electron chi connectivity index (χ0n) is 13.6. The molecule has 0 aromatic heterocycles. The summed E-state index contributed by atoms with van der Waals surface area (Å²) in [5.41, 5.74) is -0.690. The molecule has 0 aliphatic heterocycles. The second kappa shape index (κ2) is 9.27. The van der Waals surface area contributed by atoms with E-state index in [1.54, 1.807) is 0 Å². The molecule has 0 radical (unpaired) electrons. The van der Waals surface area contributed by atoms with Gasteiger partial charge in [-0.1, -0.05) is 0 Å². The maximum absolute atomic E-state index is 12.6. The van der Waals surface area contributed by atoms with E-state index in [0.717, 1.165) is 24.3 Å². The van der Waals surface area contributed by atoms with Crippen LogP contribution < -0.4 is 0 Å². The van der Waals surface area contributed by atoms with E-state index >= 15 is 0 Å². The van der Waals surface area contributed by atoms with Crippen molar-refractivity contribution >= 4 is 11.9 Å². The fourth-order valence-electron chi connectivity index (χ4n) is 2.03. The van der Waals surface area contributed by atoms with Crippen molar-refractivity contribution in [3.05, 3.63) is 35.4 Å². The maximum Gasteiger partial charge on any atom is 0.416 e. The van der Waals surface area contributed by atoms with Crippen LogP contribution in [0.15, 0.2) is 24.3 Å². The summed E-state index contributed by atoms with van der Waals surface area (Å²) < 4.78 is 47.2. The third-order valence-electron chi connectivity index (χ3n) is 3.34. The third kappa shape index (κ3) is 6.19. The molecule has 1 aromatic rings. The molecular formula is C16H20F3NO4. The van der Waals surface area contributed by atoms with Crippen LogP contribution >= 0.6 is 0 Å². The average Bonchev–Trinajstić information content (AvgIpc) is 2.56. The molecule has 8 heteroatoms. The Kier molecular flexibility index (Phi) is 7.70. The van der Waals surface area contributed by atoms with Gasteiger partial charge in [-0.05, 0) is 30.7 Å². The van der Waals surface area contributed by atoms with Crippen molar-refractivity contribution < 1.29 is 32.2 Å². The Bertz CT molecular complexity index is 543. The van der Waals surface area contributed by atoms with Gasteiger partial charge in [0.2, 0.25) is 0 Å². The lowest BCUT2D eigenvalue weighted by atomic mass is 10.1. The first-order chi connectivity index (χ1) is 11.3. The van der Waals surface area contributed by atoms with Crippen LogP contribution in [-0.2, 0) is 20.4 Å². The van der Waals surface area contributed by atoms with E-state index in [1.807, 2.05) is 0 Å². The number of halogens is 3. The first-order valence-electron chi connectivity index (χ1n) is 7.32. The summed E-state index contributed by atoms with van der Waals surface area (Å²) in [6.45, 7) is 0.871. The second-order valence-electron chi connectivity index (χ2n) is 5.04. The van der Waals surface area contributed by atoms with Gasteiger partial charge in [0.1, 0.15) is 0 Å². The average molecular weight is 347 g/mol. The standard InChI is InChI=1S/C16H20F3NO4/c1-23-11-3-9-20(10-8-14(21)24-2)15(22)12-4-6-13(7-5-12)16(17,18)19/h4-7H,3,8-11H2,1-2H3. The van der Waals surface area contributed by atoms with Crippen molar-refractivity contribution in [2.75, 3.05) is 33.9 Å². The second-order valence-corrected chi connectivity index (χ2v) is 5.04. The van der Waals surface area contributed by atoms with Crippen LogP contribution in [0.2, 0.25) is 0 Å². The van der Waals surface area contributed by atoms with Gasteiger partial charge in [-0.3, -0.25) is 9.59 Å². The van der Waals surface area contributed by atoms with E-state index in [-0.39, 0.29) is 18.5 Å². The molecule has 134 valence electrons. The highest BCUT2D eigenvalue weighted by Crippen LogP contribution is 2.29. The summed E-state index contributed by atoms with van der Waals surface area (Å²) in [5, 5.41) is 0. The molecule has 1 aromatic carbocycles. The third-order valence-corrected chi connectivity index (χ3v) is 3.34. The number of alkyl halides is 3. The highest BCUT2D eigenvalue weighted by molar-refractivity contribution is 5.94. The first-order valence-corrected chi connectivity index (χ1v) is 7.32. The van der Waals surface area contributed by atoms with Crippen molar-refractivity contribution in [3.8, 4) is 0 Å². The number of benzene rings is 1. The summed E-state index contributed by atoms with van der Waals surface area (Å²) in [6, 6.07) is 3.99. The van der Waals surface area contributed by atoms with Gasteiger partial charge in [0.25, 0.3) is 5.91 Å². The summed E-state index contributed by atoms with van der Waals surface area (Å²) in [7, 11) is 2.77. The van der Waals surface area contributed by atoms with E-state index in [1.165, 1.54) is 19.1 Å². The molecule has 0 heterocycles. The van der Waals surface area contributed by atoms with Crippen LogP contribution in [0, 0.1) is 0 Å². The first kappa shape index (κ1) is 20.0. The Morgan fingerprint density at radius 3 is 2.21 bits per heavy atom. The number of methoxy groups -OCH3 is 2. The smallest absolute Gasteiger partial charge is 0.416 e. The Morgan fingerprint density at radius 2 is 1.71 bits per heavy atom. The fourth-order valence-corrected chi connectivity index (χ4v) is 2.03. The topological polar surface area (TPSA) is 55.8 Å². The van der Waals surface area contributed by atoms with E-state index in [9.17, 15) is 22.8 Å². The normalized spacial score (nSPS) is 11.2. The van der Waals surface area contributed by atoms with Gasteiger partial charge in [-0.15, -0.1) is 0 Å². The van der Waals surface area contributed by atoms with Gasteiger partial charge in [-0.2, -0.15) is 13.2 Å². The molecule has 5 nitrogen and oxygen atoms in total. The molecule has 0 saturated heterocycles. The van der Waals surface area contributed by atoms with Crippen molar-refractivity contribution in [1.82, 2.24) is 4.90 Å². The van der Waals surface area contributed by atoms with Crippen molar-refractivity contribution in [2.24, 2.45) is 0 Å². The summed E-state index contributed by atoms with van der Waals surface area (Å²) in [5.74, 6) is -0.907. The number of carbonyl (C=O) groups is 2. The Hall–Kier alpha value is -2.09. The van der Waals surface area contributed by atoms with Crippen molar-refractivity contribution in [3.63, 3.8) is 0 Å². The number of ether oxygens (including phenoxy) is 2. The fraction of sp³-hybridized carbons (Fsp3) is 0.500. The van der Waals surface area contributed by atoms with Crippen LogP contribution in [0.5, 0.6) is 0 Å². The van der Waals surface area contributed by atoms with Gasteiger partial charge < -0.3 is 14.4 Å². The highest BCUT2D eigenvalue weighted by Gasteiger charge is 2.30. The molecule has 0 bridgehead atoms. The Labute approximate surface area is 138 Å². The molecular weight excluding hydrogens is 327 g/mol. The molecule has 0 saturated carbocycles. The summed E-state index contributed by atoms with van der Waals surface area (Å²) in [4.78, 5) is 25.1. The van der Waals surface area contributed by atoms with Gasteiger partial charge in [-0.25, -0.2) is 0 Å². The van der Waals surface area contributed by atoms with E-state index in [4.69, 9.17) is 4.74 Å². The van der Waals surface area contributed by atoms with Crippen LogP contribution in [0.3, 0.4) is 0 Å². The highest BCUT2D eigenvalue weighted by atomic mass is 19.4. The Balaban J connectivity index is 2.82.